The van der Waals surface area contributed by atoms with Crippen LogP contribution in [0.25, 0.3) is 0 Å². The summed E-state index contributed by atoms with van der Waals surface area (Å²) in [6, 6.07) is 2.37. The summed E-state index contributed by atoms with van der Waals surface area (Å²) in [6.45, 7) is 1.04. The van der Waals surface area contributed by atoms with E-state index in [0.717, 1.165) is 12.3 Å². The highest BCUT2D eigenvalue weighted by atomic mass is 32.1. The molecule has 0 spiro atoms. The first-order valence-corrected chi connectivity index (χ1v) is 11.2. The molecule has 2 fully saturated rings. The standard InChI is InChI=1S/C21H29NO5S/c23-4-5-25-6-7-26-20-12-17(16-3-8-28-13-16)11-19(27-20)21(24)22-18-10-14-1-2-15(18)9-14/h3,8,11,13-15,17-18,20,23H,1-2,4-7,9-10,12H2,(H,22,24)/t14?,15?,17-,18?,20+/m0/s1. The van der Waals surface area contributed by atoms with E-state index in [4.69, 9.17) is 19.3 Å². The predicted molar refractivity (Wildman–Crippen MR) is 106 cm³/mol. The van der Waals surface area contributed by atoms with Crippen LogP contribution in [0.2, 0.25) is 0 Å². The van der Waals surface area contributed by atoms with Crippen molar-refractivity contribution >= 4 is 17.2 Å². The molecule has 2 bridgehead atoms. The number of carbonyl (C=O) groups excluding carboxylic acids is 1. The molecular weight excluding hydrogens is 378 g/mol. The highest BCUT2D eigenvalue weighted by molar-refractivity contribution is 7.08. The smallest absolute Gasteiger partial charge is 0.286 e. The van der Waals surface area contributed by atoms with Gasteiger partial charge in [-0.2, -0.15) is 11.3 Å². The summed E-state index contributed by atoms with van der Waals surface area (Å²) in [5.74, 6) is 1.75. The lowest BCUT2D eigenvalue weighted by molar-refractivity contribution is -0.151. The van der Waals surface area contributed by atoms with Gasteiger partial charge < -0.3 is 24.6 Å². The number of thiophene rings is 1. The molecule has 6 nitrogen and oxygen atoms in total. The van der Waals surface area contributed by atoms with Gasteiger partial charge in [-0.15, -0.1) is 0 Å². The van der Waals surface area contributed by atoms with Crippen molar-refractivity contribution in [3.63, 3.8) is 0 Å². The molecule has 28 heavy (non-hydrogen) atoms. The van der Waals surface area contributed by atoms with Gasteiger partial charge in [0.15, 0.2) is 5.76 Å². The fourth-order valence-corrected chi connectivity index (χ4v) is 5.43. The molecule has 1 aliphatic heterocycles. The monoisotopic (exact) mass is 407 g/mol. The highest BCUT2D eigenvalue weighted by Gasteiger charge is 2.41. The van der Waals surface area contributed by atoms with E-state index in [1.54, 1.807) is 11.3 Å². The number of aliphatic hydroxyl groups excluding tert-OH is 1. The summed E-state index contributed by atoms with van der Waals surface area (Å²) in [5.41, 5.74) is 1.18. The third-order valence-corrected chi connectivity index (χ3v) is 6.78. The Morgan fingerprint density at radius 2 is 2.18 bits per heavy atom. The van der Waals surface area contributed by atoms with Gasteiger partial charge in [0.05, 0.1) is 26.4 Å². The largest absolute Gasteiger partial charge is 0.459 e. The zero-order valence-corrected chi connectivity index (χ0v) is 16.9. The van der Waals surface area contributed by atoms with Crippen molar-refractivity contribution in [2.75, 3.05) is 26.4 Å². The highest BCUT2D eigenvalue weighted by Crippen LogP contribution is 2.44. The van der Waals surface area contributed by atoms with Gasteiger partial charge in [-0.25, -0.2) is 0 Å². The summed E-state index contributed by atoms with van der Waals surface area (Å²) in [5, 5.41) is 16.1. The van der Waals surface area contributed by atoms with Gasteiger partial charge in [0, 0.05) is 18.4 Å². The molecular formula is C21H29NO5S. The predicted octanol–water partition coefficient (Wildman–Crippen LogP) is 2.79. The number of aliphatic hydroxyl groups is 1. The quantitative estimate of drug-likeness (QED) is 0.616. The zero-order valence-electron chi connectivity index (χ0n) is 16.0. The van der Waals surface area contributed by atoms with Crippen LogP contribution in [0, 0.1) is 11.8 Å². The van der Waals surface area contributed by atoms with Gasteiger partial charge in [-0.1, -0.05) is 6.42 Å². The van der Waals surface area contributed by atoms with Crippen LogP contribution in [-0.2, 0) is 19.0 Å². The van der Waals surface area contributed by atoms with Gasteiger partial charge >= 0.3 is 0 Å². The third kappa shape index (κ3) is 4.76. The molecule has 2 saturated carbocycles. The average molecular weight is 408 g/mol. The first-order valence-electron chi connectivity index (χ1n) is 10.2. The molecule has 0 aromatic carbocycles. The molecule has 3 aliphatic rings. The van der Waals surface area contributed by atoms with Crippen LogP contribution in [0.5, 0.6) is 0 Å². The number of ether oxygens (including phenoxy) is 3. The minimum Gasteiger partial charge on any atom is -0.459 e. The second kappa shape index (κ2) is 9.39. The molecule has 0 radical (unpaired) electrons. The number of rotatable bonds is 9. The Morgan fingerprint density at radius 1 is 1.25 bits per heavy atom. The van der Waals surface area contributed by atoms with Gasteiger partial charge in [0.2, 0.25) is 6.29 Å². The van der Waals surface area contributed by atoms with Crippen LogP contribution in [0.15, 0.2) is 28.7 Å². The van der Waals surface area contributed by atoms with Crippen molar-refractivity contribution in [1.82, 2.24) is 5.32 Å². The van der Waals surface area contributed by atoms with Crippen LogP contribution in [0.3, 0.4) is 0 Å². The first-order chi connectivity index (χ1) is 13.7. The lowest BCUT2D eigenvalue weighted by atomic mass is 9.94. The Morgan fingerprint density at radius 3 is 2.89 bits per heavy atom. The molecule has 1 aromatic heterocycles. The summed E-state index contributed by atoms with van der Waals surface area (Å²) in [4.78, 5) is 12.9. The maximum absolute atomic E-state index is 12.9. The zero-order chi connectivity index (χ0) is 19.3. The van der Waals surface area contributed by atoms with Crippen LogP contribution in [-0.4, -0.2) is 49.8 Å². The lowest BCUT2D eigenvalue weighted by Crippen LogP contribution is -2.41. The van der Waals surface area contributed by atoms with E-state index in [-0.39, 0.29) is 24.5 Å². The molecule has 0 saturated heterocycles. The van der Waals surface area contributed by atoms with E-state index < -0.39 is 6.29 Å². The average Bonchev–Trinajstić information content (AvgIpc) is 3.46. The molecule has 5 atom stereocenters. The van der Waals surface area contributed by atoms with Crippen molar-refractivity contribution in [3.8, 4) is 0 Å². The molecule has 2 heterocycles. The molecule has 3 unspecified atom stereocenters. The van der Waals surface area contributed by atoms with Gasteiger partial charge in [0.1, 0.15) is 0 Å². The van der Waals surface area contributed by atoms with E-state index in [9.17, 15) is 4.79 Å². The van der Waals surface area contributed by atoms with Crippen molar-refractivity contribution in [1.29, 1.82) is 0 Å². The van der Waals surface area contributed by atoms with E-state index in [0.29, 0.717) is 37.9 Å². The molecule has 2 N–H and O–H groups in total. The SMILES string of the molecule is O=C(NC1CC2CCC1C2)C1=C[C@H](c2ccsc2)C[C@H](OCCOCCO)O1. The minimum atomic E-state index is -0.478. The molecule has 1 aromatic rings. The number of amides is 1. The maximum atomic E-state index is 12.9. The van der Waals surface area contributed by atoms with Crippen molar-refractivity contribution in [2.24, 2.45) is 11.8 Å². The van der Waals surface area contributed by atoms with Gasteiger partial charge in [0.25, 0.3) is 5.91 Å². The normalized spacial score (nSPS) is 31.5. The van der Waals surface area contributed by atoms with Gasteiger partial charge in [-0.3, -0.25) is 4.79 Å². The van der Waals surface area contributed by atoms with Crippen LogP contribution < -0.4 is 5.32 Å². The van der Waals surface area contributed by atoms with Crippen molar-refractivity contribution in [3.05, 3.63) is 34.2 Å². The number of fused-ring (bicyclic) bond motifs is 2. The number of allylic oxidation sites excluding steroid dienone is 1. The number of hydrogen-bond acceptors (Lipinski definition) is 6. The summed E-state index contributed by atoms with van der Waals surface area (Å²) >= 11 is 1.65. The van der Waals surface area contributed by atoms with E-state index >= 15 is 0 Å². The van der Waals surface area contributed by atoms with Gasteiger partial charge in [-0.05, 0) is 59.6 Å². The Kier molecular flexibility index (Phi) is 6.67. The van der Waals surface area contributed by atoms with E-state index in [2.05, 4.69) is 16.8 Å². The van der Waals surface area contributed by atoms with Crippen LogP contribution in [0.1, 0.15) is 43.6 Å². The second-order valence-electron chi connectivity index (χ2n) is 7.94. The maximum Gasteiger partial charge on any atom is 0.286 e. The van der Waals surface area contributed by atoms with E-state index in [1.165, 1.54) is 24.8 Å². The first kappa shape index (κ1) is 19.9. The van der Waals surface area contributed by atoms with Crippen LogP contribution in [0.4, 0.5) is 0 Å². The topological polar surface area (TPSA) is 77.0 Å². The summed E-state index contributed by atoms with van der Waals surface area (Å²) < 4.78 is 17.0. The Labute approximate surface area is 169 Å². The Hall–Kier alpha value is -1.41. The minimum absolute atomic E-state index is 0.00374. The molecule has 7 heteroatoms. The molecule has 154 valence electrons. The van der Waals surface area contributed by atoms with Crippen molar-refractivity contribution in [2.45, 2.75) is 50.4 Å². The summed E-state index contributed by atoms with van der Waals surface area (Å²) in [7, 11) is 0. The number of nitrogens with one attached hydrogen (secondary N) is 1. The third-order valence-electron chi connectivity index (χ3n) is 6.07. The molecule has 4 rings (SSSR count). The fourth-order valence-electron chi connectivity index (χ4n) is 4.70. The number of hydrogen-bond donors (Lipinski definition) is 2. The Balaban J connectivity index is 1.37. The lowest BCUT2D eigenvalue weighted by Gasteiger charge is -2.30. The van der Waals surface area contributed by atoms with Crippen LogP contribution >= 0.6 is 11.3 Å². The van der Waals surface area contributed by atoms with E-state index in [1.807, 2.05) is 11.5 Å². The molecule has 1 amide bonds. The number of carbonyl (C=O) groups is 1. The molecule has 2 aliphatic carbocycles. The fraction of sp³-hybridized carbons (Fsp3) is 0.667. The Bertz CT molecular complexity index is 676. The summed E-state index contributed by atoms with van der Waals surface area (Å²) in [6.07, 6.45) is 7.02. The second-order valence-corrected chi connectivity index (χ2v) is 8.72. The van der Waals surface area contributed by atoms with Crippen molar-refractivity contribution < 1.29 is 24.1 Å².